The average molecular weight is 442 g/mol. The van der Waals surface area contributed by atoms with Crippen LogP contribution in [0.4, 0.5) is 0 Å². The number of nitrogens with one attached hydrogen (secondary N) is 2. The summed E-state index contributed by atoms with van der Waals surface area (Å²) in [5.74, 6) is 2.56. The fourth-order valence-electron chi connectivity index (χ4n) is 2.53. The van der Waals surface area contributed by atoms with Crippen LogP contribution in [0, 0.1) is 20.8 Å². The number of rotatable bonds is 5. The number of hydrogen-bond acceptors (Lipinski definition) is 3. The highest BCUT2D eigenvalue weighted by Gasteiger charge is 2.05. The molecular weight excluding hydrogens is 415 g/mol. The molecule has 2 rings (SSSR count). The number of aliphatic imine (C=N–C) groups is 1. The van der Waals surface area contributed by atoms with E-state index in [1.54, 1.807) is 7.05 Å². The first-order valence-electron chi connectivity index (χ1n) is 7.86. The van der Waals surface area contributed by atoms with Gasteiger partial charge in [-0.25, -0.2) is 0 Å². The Morgan fingerprint density at radius 1 is 1.08 bits per heavy atom. The molecule has 0 amide bonds. The molecule has 0 aliphatic rings. The van der Waals surface area contributed by atoms with Crippen molar-refractivity contribution >= 4 is 29.9 Å². The van der Waals surface area contributed by atoms with Gasteiger partial charge in [-0.3, -0.25) is 4.99 Å². The Morgan fingerprint density at radius 2 is 1.75 bits per heavy atom. The van der Waals surface area contributed by atoms with Crippen molar-refractivity contribution in [3.05, 3.63) is 46.5 Å². The molecule has 7 heteroatoms. The van der Waals surface area contributed by atoms with Gasteiger partial charge in [0.2, 0.25) is 0 Å². The van der Waals surface area contributed by atoms with E-state index < -0.39 is 0 Å². The SMILES string of the molecule is CN=C(NCCc1cc(C)cc(C)c1)NCc1nnc(C)n1C.I. The average Bonchev–Trinajstić information content (AvgIpc) is 2.81. The molecule has 0 aliphatic carbocycles. The van der Waals surface area contributed by atoms with Gasteiger partial charge in [-0.05, 0) is 32.8 Å². The summed E-state index contributed by atoms with van der Waals surface area (Å²) in [5, 5.41) is 14.8. The van der Waals surface area contributed by atoms with E-state index in [4.69, 9.17) is 0 Å². The first kappa shape index (κ1) is 20.4. The molecule has 0 spiro atoms. The Balaban J connectivity index is 0.00000288. The lowest BCUT2D eigenvalue weighted by atomic mass is 10.1. The van der Waals surface area contributed by atoms with E-state index in [9.17, 15) is 0 Å². The van der Waals surface area contributed by atoms with Gasteiger partial charge in [0.1, 0.15) is 5.82 Å². The second kappa shape index (κ2) is 9.61. The molecule has 0 radical (unpaired) electrons. The number of hydrogen-bond donors (Lipinski definition) is 2. The summed E-state index contributed by atoms with van der Waals surface area (Å²) >= 11 is 0. The van der Waals surface area contributed by atoms with Crippen LogP contribution in [0.5, 0.6) is 0 Å². The largest absolute Gasteiger partial charge is 0.356 e. The predicted octanol–water partition coefficient (Wildman–Crippen LogP) is 2.27. The summed E-state index contributed by atoms with van der Waals surface area (Å²) in [5.41, 5.74) is 3.95. The number of aryl methyl sites for hydroxylation is 3. The molecule has 1 aromatic heterocycles. The zero-order chi connectivity index (χ0) is 16.8. The second-order valence-electron chi connectivity index (χ2n) is 5.82. The highest BCUT2D eigenvalue weighted by Crippen LogP contribution is 2.08. The van der Waals surface area contributed by atoms with Crippen molar-refractivity contribution < 1.29 is 0 Å². The fraction of sp³-hybridized carbons (Fsp3) is 0.471. The molecule has 6 nitrogen and oxygen atoms in total. The third-order valence-corrected chi connectivity index (χ3v) is 3.81. The van der Waals surface area contributed by atoms with Gasteiger partial charge in [-0.15, -0.1) is 34.2 Å². The van der Waals surface area contributed by atoms with Gasteiger partial charge in [0, 0.05) is 20.6 Å². The first-order chi connectivity index (χ1) is 11.0. The Kier molecular flexibility index (Phi) is 8.17. The van der Waals surface area contributed by atoms with Gasteiger partial charge in [-0.2, -0.15) is 0 Å². The molecule has 2 N–H and O–H groups in total. The molecule has 24 heavy (non-hydrogen) atoms. The summed E-state index contributed by atoms with van der Waals surface area (Å²) < 4.78 is 1.97. The molecular formula is C17H27IN6. The fourth-order valence-corrected chi connectivity index (χ4v) is 2.53. The predicted molar refractivity (Wildman–Crippen MR) is 109 cm³/mol. The van der Waals surface area contributed by atoms with Gasteiger partial charge < -0.3 is 15.2 Å². The lowest BCUT2D eigenvalue weighted by Crippen LogP contribution is -2.38. The molecule has 0 aliphatic heterocycles. The molecule has 132 valence electrons. The zero-order valence-corrected chi connectivity index (χ0v) is 17.4. The van der Waals surface area contributed by atoms with Crippen LogP contribution in [0.3, 0.4) is 0 Å². The van der Waals surface area contributed by atoms with Crippen molar-refractivity contribution in [1.29, 1.82) is 0 Å². The van der Waals surface area contributed by atoms with Crippen LogP contribution in [0.15, 0.2) is 23.2 Å². The number of benzene rings is 1. The second-order valence-corrected chi connectivity index (χ2v) is 5.82. The van der Waals surface area contributed by atoms with Crippen molar-refractivity contribution in [2.45, 2.75) is 33.7 Å². The van der Waals surface area contributed by atoms with Crippen LogP contribution in [0.25, 0.3) is 0 Å². The summed E-state index contributed by atoms with van der Waals surface area (Å²) in [4.78, 5) is 4.24. The maximum atomic E-state index is 4.24. The molecule has 0 unspecified atom stereocenters. The van der Waals surface area contributed by atoms with Gasteiger partial charge >= 0.3 is 0 Å². The molecule has 1 heterocycles. The Hall–Kier alpha value is -1.64. The Bertz CT molecular complexity index is 672. The zero-order valence-electron chi connectivity index (χ0n) is 15.1. The maximum absolute atomic E-state index is 4.24. The van der Waals surface area contributed by atoms with E-state index in [-0.39, 0.29) is 24.0 Å². The van der Waals surface area contributed by atoms with E-state index >= 15 is 0 Å². The molecule has 0 saturated carbocycles. The van der Waals surface area contributed by atoms with Crippen molar-refractivity contribution in [3.63, 3.8) is 0 Å². The minimum atomic E-state index is 0. The minimum absolute atomic E-state index is 0. The van der Waals surface area contributed by atoms with E-state index in [2.05, 4.69) is 57.9 Å². The highest BCUT2D eigenvalue weighted by atomic mass is 127. The minimum Gasteiger partial charge on any atom is -0.356 e. The van der Waals surface area contributed by atoms with Gasteiger partial charge in [0.25, 0.3) is 0 Å². The van der Waals surface area contributed by atoms with Gasteiger partial charge in [-0.1, -0.05) is 29.3 Å². The van der Waals surface area contributed by atoms with Crippen LogP contribution in [-0.4, -0.2) is 34.3 Å². The molecule has 1 aromatic carbocycles. The first-order valence-corrected chi connectivity index (χ1v) is 7.86. The van der Waals surface area contributed by atoms with Gasteiger partial charge in [0.15, 0.2) is 11.8 Å². The van der Waals surface area contributed by atoms with Crippen molar-refractivity contribution in [3.8, 4) is 0 Å². The van der Waals surface area contributed by atoms with Crippen molar-refractivity contribution in [2.75, 3.05) is 13.6 Å². The summed E-state index contributed by atoms with van der Waals surface area (Å²) in [6.07, 6.45) is 0.965. The van der Waals surface area contributed by atoms with Crippen molar-refractivity contribution in [2.24, 2.45) is 12.0 Å². The molecule has 0 atom stereocenters. The normalized spacial score (nSPS) is 11.1. The van der Waals surface area contributed by atoms with Crippen LogP contribution in [0.1, 0.15) is 28.3 Å². The summed E-state index contributed by atoms with van der Waals surface area (Å²) in [6, 6.07) is 6.65. The molecule has 0 bridgehead atoms. The Morgan fingerprint density at radius 3 is 2.29 bits per heavy atom. The summed E-state index contributed by atoms with van der Waals surface area (Å²) in [6.45, 7) is 7.63. The van der Waals surface area contributed by atoms with E-state index in [1.165, 1.54) is 16.7 Å². The standard InChI is InChI=1S/C17H26N6.HI/c1-12-8-13(2)10-15(9-12)6-7-19-17(18-4)20-11-16-22-21-14(3)23(16)5;/h8-10H,6-7,11H2,1-5H3,(H2,18,19,20);1H. The lowest BCUT2D eigenvalue weighted by Gasteiger charge is -2.12. The van der Waals surface area contributed by atoms with Crippen LogP contribution in [0.2, 0.25) is 0 Å². The van der Waals surface area contributed by atoms with Crippen LogP contribution >= 0.6 is 24.0 Å². The number of guanidine groups is 1. The molecule has 2 aromatic rings. The monoisotopic (exact) mass is 442 g/mol. The number of aromatic nitrogens is 3. The third-order valence-electron chi connectivity index (χ3n) is 3.81. The van der Waals surface area contributed by atoms with E-state index in [0.29, 0.717) is 6.54 Å². The highest BCUT2D eigenvalue weighted by molar-refractivity contribution is 14.0. The Labute approximate surface area is 161 Å². The van der Waals surface area contributed by atoms with Crippen molar-refractivity contribution in [1.82, 2.24) is 25.4 Å². The lowest BCUT2D eigenvalue weighted by molar-refractivity contribution is 0.716. The summed E-state index contributed by atoms with van der Waals surface area (Å²) in [7, 11) is 3.73. The number of halogens is 1. The third kappa shape index (κ3) is 5.77. The van der Waals surface area contributed by atoms with E-state index in [1.807, 2.05) is 18.5 Å². The smallest absolute Gasteiger partial charge is 0.191 e. The number of nitrogens with zero attached hydrogens (tertiary/aromatic N) is 4. The van der Waals surface area contributed by atoms with Gasteiger partial charge in [0.05, 0.1) is 6.54 Å². The topological polar surface area (TPSA) is 67.1 Å². The quantitative estimate of drug-likeness (QED) is 0.424. The van der Waals surface area contributed by atoms with E-state index in [0.717, 1.165) is 30.6 Å². The molecule has 0 fully saturated rings. The van der Waals surface area contributed by atoms with Crippen LogP contribution < -0.4 is 10.6 Å². The maximum Gasteiger partial charge on any atom is 0.191 e. The molecule has 0 saturated heterocycles. The van der Waals surface area contributed by atoms with Crippen LogP contribution in [-0.2, 0) is 20.0 Å².